The van der Waals surface area contributed by atoms with E-state index in [1.54, 1.807) is 0 Å². The molecule has 0 aliphatic carbocycles. The third-order valence-electron chi connectivity index (χ3n) is 2.32. The number of nitrogens with zero attached hydrogens (tertiary/aromatic N) is 1. The van der Waals surface area contributed by atoms with E-state index in [1.807, 2.05) is 0 Å². The molecule has 0 bridgehead atoms. The molecule has 0 saturated carbocycles. The first kappa shape index (κ1) is 12.5. The van der Waals surface area contributed by atoms with Crippen molar-refractivity contribution in [2.45, 2.75) is 19.4 Å². The fourth-order valence-electron chi connectivity index (χ4n) is 1.52. The van der Waals surface area contributed by atoms with Crippen LogP contribution in [0.3, 0.4) is 0 Å². The summed E-state index contributed by atoms with van der Waals surface area (Å²) < 4.78 is 16.5. The lowest BCUT2D eigenvalue weighted by atomic mass is 10.5. The molecule has 0 radical (unpaired) electrons. The van der Waals surface area contributed by atoms with E-state index in [-0.39, 0.29) is 13.2 Å². The molecule has 0 aromatic carbocycles. The fourth-order valence-corrected chi connectivity index (χ4v) is 1.52. The Balaban J connectivity index is 2.02. The average Bonchev–Trinajstić information content (AvgIpc) is 2.75. The number of aromatic amines is 1. The van der Waals surface area contributed by atoms with E-state index < -0.39 is 29.7 Å². The molecule has 0 unspecified atom stereocenters. The maximum absolute atomic E-state index is 11.5. The van der Waals surface area contributed by atoms with Crippen molar-refractivity contribution in [3.63, 3.8) is 0 Å². The molecule has 1 aromatic rings. The summed E-state index contributed by atoms with van der Waals surface area (Å²) in [6.07, 6.45) is -0.0312. The van der Waals surface area contributed by atoms with Crippen LogP contribution in [-0.2, 0) is 19.0 Å². The number of hydrogen-bond donors (Lipinski definition) is 1. The zero-order valence-electron chi connectivity index (χ0n) is 9.62. The molecule has 98 valence electrons. The highest BCUT2D eigenvalue weighted by Gasteiger charge is 2.28. The van der Waals surface area contributed by atoms with E-state index in [1.165, 1.54) is 23.8 Å². The van der Waals surface area contributed by atoms with Crippen LogP contribution < -0.4 is 11.2 Å². The van der Waals surface area contributed by atoms with Gasteiger partial charge >= 0.3 is 11.7 Å². The van der Waals surface area contributed by atoms with Crippen molar-refractivity contribution in [3.8, 4) is 0 Å². The van der Waals surface area contributed by atoms with E-state index in [2.05, 4.69) is 4.98 Å². The van der Waals surface area contributed by atoms with Gasteiger partial charge in [-0.1, -0.05) is 0 Å². The number of carbonyl (C=O) groups is 1. The molecule has 8 nitrogen and oxygen atoms in total. The van der Waals surface area contributed by atoms with Gasteiger partial charge in [0, 0.05) is 19.2 Å². The smallest absolute Gasteiger partial charge is 0.330 e. The summed E-state index contributed by atoms with van der Waals surface area (Å²) in [6.45, 7) is 1.38. The fraction of sp³-hybridized carbons (Fsp3) is 0.500. The Morgan fingerprint density at radius 1 is 1.61 bits per heavy atom. The summed E-state index contributed by atoms with van der Waals surface area (Å²) in [5, 5.41) is 0. The van der Waals surface area contributed by atoms with Crippen molar-refractivity contribution in [2.75, 3.05) is 13.2 Å². The summed E-state index contributed by atoms with van der Waals surface area (Å²) in [7, 11) is 0. The first-order valence-electron chi connectivity index (χ1n) is 5.28. The molecule has 1 aliphatic heterocycles. The summed E-state index contributed by atoms with van der Waals surface area (Å²) >= 11 is 0. The van der Waals surface area contributed by atoms with Crippen LogP contribution in [0, 0.1) is 0 Å². The lowest BCUT2D eigenvalue weighted by Gasteiger charge is -2.12. The second-order valence-corrected chi connectivity index (χ2v) is 3.67. The molecule has 1 saturated heterocycles. The van der Waals surface area contributed by atoms with Crippen LogP contribution in [0.1, 0.15) is 13.2 Å². The van der Waals surface area contributed by atoms with Gasteiger partial charge < -0.3 is 14.2 Å². The molecular weight excluding hydrogens is 244 g/mol. The molecule has 0 spiro atoms. The third kappa shape index (κ3) is 2.84. The molecule has 8 heteroatoms. The van der Waals surface area contributed by atoms with Gasteiger partial charge in [-0.25, -0.2) is 4.79 Å². The zero-order valence-corrected chi connectivity index (χ0v) is 9.62. The number of aromatic nitrogens is 2. The minimum Gasteiger partial charge on any atom is -0.460 e. The molecular formula is C10H12N2O6. The van der Waals surface area contributed by atoms with Crippen molar-refractivity contribution < 1.29 is 19.0 Å². The number of nitrogens with one attached hydrogen (secondary N) is 1. The Hall–Kier alpha value is -1.93. The SMILES string of the molecule is CC(=O)OC[C@H]1OC[C@@H](n2ccc(=O)[nH]c2=O)O1. The zero-order chi connectivity index (χ0) is 13.1. The van der Waals surface area contributed by atoms with Crippen LogP contribution in [0.5, 0.6) is 0 Å². The Morgan fingerprint density at radius 2 is 2.39 bits per heavy atom. The largest absolute Gasteiger partial charge is 0.460 e. The summed E-state index contributed by atoms with van der Waals surface area (Å²) in [4.78, 5) is 35.1. The van der Waals surface area contributed by atoms with E-state index in [0.717, 1.165) is 0 Å². The number of H-pyrrole nitrogens is 1. The first-order chi connectivity index (χ1) is 8.56. The second kappa shape index (κ2) is 5.15. The highest BCUT2D eigenvalue weighted by Crippen LogP contribution is 2.19. The van der Waals surface area contributed by atoms with Gasteiger partial charge in [0.15, 0.2) is 12.5 Å². The quantitative estimate of drug-likeness (QED) is 0.694. The van der Waals surface area contributed by atoms with Gasteiger partial charge in [0.2, 0.25) is 0 Å². The van der Waals surface area contributed by atoms with Crippen LogP contribution in [0.15, 0.2) is 21.9 Å². The van der Waals surface area contributed by atoms with Crippen LogP contribution in [0.2, 0.25) is 0 Å². The maximum atomic E-state index is 11.5. The molecule has 1 aromatic heterocycles. The van der Waals surface area contributed by atoms with Crippen LogP contribution in [-0.4, -0.2) is 35.0 Å². The molecule has 2 heterocycles. The van der Waals surface area contributed by atoms with Crippen molar-refractivity contribution in [2.24, 2.45) is 0 Å². The van der Waals surface area contributed by atoms with Gasteiger partial charge in [0.1, 0.15) is 6.61 Å². The number of ether oxygens (including phenoxy) is 3. The lowest BCUT2D eigenvalue weighted by Crippen LogP contribution is -2.32. The Bertz CT molecular complexity index is 548. The lowest BCUT2D eigenvalue weighted by molar-refractivity contribution is -0.156. The molecule has 1 fully saturated rings. The number of rotatable bonds is 3. The van der Waals surface area contributed by atoms with Gasteiger partial charge in [-0.05, 0) is 0 Å². The maximum Gasteiger partial charge on any atom is 0.330 e. The highest BCUT2D eigenvalue weighted by atomic mass is 16.7. The summed E-state index contributed by atoms with van der Waals surface area (Å²) in [5.41, 5.74) is -1.06. The van der Waals surface area contributed by atoms with Crippen molar-refractivity contribution in [1.29, 1.82) is 0 Å². The Labute approximate surface area is 101 Å². The normalized spacial score (nSPS) is 22.9. The summed E-state index contributed by atoms with van der Waals surface area (Å²) in [5.74, 6) is -0.438. The van der Waals surface area contributed by atoms with Gasteiger partial charge in [0.05, 0.1) is 6.61 Å². The van der Waals surface area contributed by atoms with Crippen LogP contribution in [0.25, 0.3) is 0 Å². The predicted octanol–water partition coefficient (Wildman–Crippen LogP) is -1.03. The van der Waals surface area contributed by atoms with Gasteiger partial charge in [0.25, 0.3) is 5.56 Å². The molecule has 1 aliphatic rings. The molecule has 0 amide bonds. The number of esters is 1. The Kier molecular flexibility index (Phi) is 3.58. The third-order valence-corrected chi connectivity index (χ3v) is 2.32. The highest BCUT2D eigenvalue weighted by molar-refractivity contribution is 5.65. The van der Waals surface area contributed by atoms with Crippen LogP contribution in [0.4, 0.5) is 0 Å². The van der Waals surface area contributed by atoms with E-state index in [4.69, 9.17) is 14.2 Å². The van der Waals surface area contributed by atoms with Crippen molar-refractivity contribution >= 4 is 5.97 Å². The second-order valence-electron chi connectivity index (χ2n) is 3.67. The van der Waals surface area contributed by atoms with Gasteiger partial charge in [-0.15, -0.1) is 0 Å². The predicted molar refractivity (Wildman–Crippen MR) is 57.8 cm³/mol. The van der Waals surface area contributed by atoms with Crippen molar-refractivity contribution in [3.05, 3.63) is 33.1 Å². The van der Waals surface area contributed by atoms with Gasteiger partial charge in [-0.3, -0.25) is 19.1 Å². The molecule has 18 heavy (non-hydrogen) atoms. The molecule has 2 atom stereocenters. The monoisotopic (exact) mass is 256 g/mol. The van der Waals surface area contributed by atoms with E-state index in [9.17, 15) is 14.4 Å². The minimum atomic E-state index is -0.710. The van der Waals surface area contributed by atoms with Crippen molar-refractivity contribution in [1.82, 2.24) is 9.55 Å². The van der Waals surface area contributed by atoms with E-state index >= 15 is 0 Å². The minimum absolute atomic E-state index is 0.0378. The number of hydrogen-bond acceptors (Lipinski definition) is 6. The van der Waals surface area contributed by atoms with Gasteiger partial charge in [-0.2, -0.15) is 0 Å². The average molecular weight is 256 g/mol. The molecule has 1 N–H and O–H groups in total. The Morgan fingerprint density at radius 3 is 3.06 bits per heavy atom. The standard InChI is InChI=1S/C10H12N2O6/c1-6(13)16-5-9-17-4-8(18-9)12-3-2-7(14)11-10(12)15/h2-3,8-9H,4-5H2,1H3,(H,11,14,15)/t8-,9-/m0/s1. The van der Waals surface area contributed by atoms with Crippen LogP contribution >= 0.6 is 0 Å². The first-order valence-corrected chi connectivity index (χ1v) is 5.28. The topological polar surface area (TPSA) is 99.6 Å². The van der Waals surface area contributed by atoms with E-state index in [0.29, 0.717) is 0 Å². The molecule has 2 rings (SSSR count). The number of carbonyl (C=O) groups excluding carboxylic acids is 1. The summed E-state index contributed by atoms with van der Waals surface area (Å²) in [6, 6.07) is 1.21.